The van der Waals surface area contributed by atoms with E-state index in [2.05, 4.69) is 29.3 Å². The number of nitrogens with one attached hydrogen (secondary N) is 1. The van der Waals surface area contributed by atoms with Crippen LogP contribution in [0.15, 0.2) is 60.7 Å². The smallest absolute Gasteiger partial charge is 0.173 e. The monoisotopic (exact) mass is 312 g/mol. The highest BCUT2D eigenvalue weighted by Gasteiger charge is 2.31. The first-order valence-corrected chi connectivity index (χ1v) is 7.96. The van der Waals surface area contributed by atoms with Crippen LogP contribution in [0.4, 0.5) is 5.69 Å². The van der Waals surface area contributed by atoms with Crippen LogP contribution in [0.1, 0.15) is 18.6 Å². The lowest BCUT2D eigenvalue weighted by atomic mass is 10.0. The van der Waals surface area contributed by atoms with Gasteiger partial charge in [-0.05, 0) is 36.8 Å². The lowest BCUT2D eigenvalue weighted by Crippen LogP contribution is -2.50. The number of thiocarbonyl (C=S) groups is 1. The van der Waals surface area contributed by atoms with Gasteiger partial charge in [-0.15, -0.1) is 0 Å². The van der Waals surface area contributed by atoms with Crippen molar-refractivity contribution in [2.24, 2.45) is 0 Å². The summed E-state index contributed by atoms with van der Waals surface area (Å²) in [7, 11) is 0. The fourth-order valence-electron chi connectivity index (χ4n) is 2.81. The van der Waals surface area contributed by atoms with Gasteiger partial charge in [-0.2, -0.15) is 0 Å². The summed E-state index contributed by atoms with van der Waals surface area (Å²) < 4.78 is 5.98. The van der Waals surface area contributed by atoms with E-state index in [4.69, 9.17) is 17.0 Å². The van der Waals surface area contributed by atoms with Gasteiger partial charge in [0.25, 0.3) is 0 Å². The van der Waals surface area contributed by atoms with Gasteiger partial charge < -0.3 is 15.0 Å². The first-order chi connectivity index (χ1) is 10.8. The minimum Gasteiger partial charge on any atom is -0.370 e. The number of hydrogen-bond acceptors (Lipinski definition) is 2. The number of para-hydroxylation sites is 1. The number of anilines is 1. The van der Waals surface area contributed by atoms with E-state index in [-0.39, 0.29) is 12.1 Å². The number of hydrogen-bond donors (Lipinski definition) is 1. The predicted molar refractivity (Wildman–Crippen MR) is 94.0 cm³/mol. The average Bonchev–Trinajstić information content (AvgIpc) is 2.56. The highest BCUT2D eigenvalue weighted by atomic mass is 32.1. The molecule has 0 saturated carbocycles. The van der Waals surface area contributed by atoms with Crippen LogP contribution >= 0.6 is 12.2 Å². The van der Waals surface area contributed by atoms with E-state index in [1.807, 2.05) is 48.5 Å². The minimum atomic E-state index is 0.0467. The Morgan fingerprint density at radius 3 is 2.41 bits per heavy atom. The van der Waals surface area contributed by atoms with Crippen molar-refractivity contribution < 1.29 is 4.74 Å². The van der Waals surface area contributed by atoms with Crippen molar-refractivity contribution in [3.05, 3.63) is 66.2 Å². The zero-order valence-corrected chi connectivity index (χ0v) is 13.4. The topological polar surface area (TPSA) is 24.5 Å². The third-order valence-electron chi connectivity index (χ3n) is 3.97. The van der Waals surface area contributed by atoms with Crippen LogP contribution in [0.2, 0.25) is 0 Å². The van der Waals surface area contributed by atoms with Gasteiger partial charge in [0, 0.05) is 12.2 Å². The first-order valence-electron chi connectivity index (χ1n) is 7.55. The van der Waals surface area contributed by atoms with Crippen molar-refractivity contribution in [2.45, 2.75) is 19.1 Å². The Hall–Kier alpha value is -1.91. The van der Waals surface area contributed by atoms with Crippen molar-refractivity contribution in [3.63, 3.8) is 0 Å². The molecule has 0 aliphatic carbocycles. The van der Waals surface area contributed by atoms with E-state index in [9.17, 15) is 0 Å². The number of morpholine rings is 1. The Morgan fingerprint density at radius 1 is 1.09 bits per heavy atom. The summed E-state index contributed by atoms with van der Waals surface area (Å²) in [5.74, 6) is 0. The number of benzene rings is 2. The van der Waals surface area contributed by atoms with Crippen LogP contribution in [-0.4, -0.2) is 29.2 Å². The zero-order chi connectivity index (χ0) is 15.4. The van der Waals surface area contributed by atoms with E-state index < -0.39 is 0 Å². The summed E-state index contributed by atoms with van der Waals surface area (Å²) in [5, 5.41) is 4.07. The molecule has 1 heterocycles. The predicted octanol–water partition coefficient (Wildman–Crippen LogP) is 3.85. The quantitative estimate of drug-likeness (QED) is 0.852. The van der Waals surface area contributed by atoms with Crippen molar-refractivity contribution in [1.82, 2.24) is 4.90 Å². The number of nitrogens with zero attached hydrogens (tertiary/aromatic N) is 1. The fourth-order valence-corrected chi connectivity index (χ4v) is 3.18. The molecule has 0 spiro atoms. The molecule has 0 aromatic heterocycles. The maximum absolute atomic E-state index is 5.98. The normalized spacial score (nSPS) is 21.4. The summed E-state index contributed by atoms with van der Waals surface area (Å²) >= 11 is 5.60. The van der Waals surface area contributed by atoms with Crippen molar-refractivity contribution in [1.29, 1.82) is 0 Å². The van der Waals surface area contributed by atoms with Gasteiger partial charge in [-0.25, -0.2) is 0 Å². The molecular weight excluding hydrogens is 292 g/mol. The van der Waals surface area contributed by atoms with E-state index in [0.29, 0.717) is 6.61 Å². The summed E-state index contributed by atoms with van der Waals surface area (Å²) in [4.78, 5) is 2.21. The molecule has 0 unspecified atom stereocenters. The van der Waals surface area contributed by atoms with Crippen LogP contribution < -0.4 is 5.32 Å². The van der Waals surface area contributed by atoms with Crippen LogP contribution in [-0.2, 0) is 4.74 Å². The lowest BCUT2D eigenvalue weighted by Gasteiger charge is -2.41. The maximum Gasteiger partial charge on any atom is 0.173 e. The SMILES string of the molecule is C[C@@H]1[C@H](c2ccccc2)OCCN1C(=S)Nc1ccccc1. The molecule has 0 radical (unpaired) electrons. The van der Waals surface area contributed by atoms with E-state index >= 15 is 0 Å². The molecule has 22 heavy (non-hydrogen) atoms. The molecule has 1 N–H and O–H groups in total. The van der Waals surface area contributed by atoms with E-state index in [1.165, 1.54) is 5.56 Å². The van der Waals surface area contributed by atoms with Crippen molar-refractivity contribution in [2.75, 3.05) is 18.5 Å². The third kappa shape index (κ3) is 3.29. The molecule has 3 rings (SSSR count). The average molecular weight is 312 g/mol. The molecule has 1 saturated heterocycles. The highest BCUT2D eigenvalue weighted by Crippen LogP contribution is 2.28. The van der Waals surface area contributed by atoms with Crippen LogP contribution in [0.25, 0.3) is 0 Å². The highest BCUT2D eigenvalue weighted by molar-refractivity contribution is 7.80. The van der Waals surface area contributed by atoms with Gasteiger partial charge in [0.2, 0.25) is 0 Å². The number of rotatable bonds is 2. The molecule has 2 aromatic carbocycles. The maximum atomic E-state index is 5.98. The van der Waals surface area contributed by atoms with E-state index in [1.54, 1.807) is 0 Å². The minimum absolute atomic E-state index is 0.0467. The van der Waals surface area contributed by atoms with Gasteiger partial charge >= 0.3 is 0 Å². The Kier molecular flexibility index (Phi) is 4.71. The molecule has 4 heteroatoms. The molecule has 1 fully saturated rings. The molecule has 0 amide bonds. The Labute approximate surface area is 136 Å². The number of ether oxygens (including phenoxy) is 1. The second kappa shape index (κ2) is 6.90. The van der Waals surface area contributed by atoms with Crippen LogP contribution in [0, 0.1) is 0 Å². The zero-order valence-electron chi connectivity index (χ0n) is 12.6. The molecule has 2 aromatic rings. The second-order valence-corrected chi connectivity index (χ2v) is 5.82. The third-order valence-corrected chi connectivity index (χ3v) is 4.31. The molecule has 1 aliphatic rings. The Balaban J connectivity index is 1.72. The van der Waals surface area contributed by atoms with Gasteiger partial charge in [0.05, 0.1) is 12.6 Å². The summed E-state index contributed by atoms with van der Waals surface area (Å²) in [6.45, 7) is 3.65. The van der Waals surface area contributed by atoms with Gasteiger partial charge in [-0.1, -0.05) is 48.5 Å². The van der Waals surface area contributed by atoms with Gasteiger partial charge in [0.1, 0.15) is 6.10 Å². The van der Waals surface area contributed by atoms with Crippen molar-refractivity contribution in [3.8, 4) is 0 Å². The molecule has 2 atom stereocenters. The Morgan fingerprint density at radius 2 is 1.73 bits per heavy atom. The van der Waals surface area contributed by atoms with Crippen LogP contribution in [0.3, 0.4) is 0 Å². The summed E-state index contributed by atoms with van der Waals surface area (Å²) in [6, 6.07) is 20.6. The standard InChI is InChI=1S/C18H20N2OS/c1-14-17(15-8-4-2-5-9-15)21-13-12-20(14)18(22)19-16-10-6-3-7-11-16/h2-11,14,17H,12-13H2,1H3,(H,19,22)/t14-,17-/m1/s1. The second-order valence-electron chi connectivity index (χ2n) is 5.43. The summed E-state index contributed by atoms with van der Waals surface area (Å²) in [6.07, 6.45) is 0.0467. The van der Waals surface area contributed by atoms with Crippen LogP contribution in [0.5, 0.6) is 0 Å². The van der Waals surface area contributed by atoms with E-state index in [0.717, 1.165) is 17.3 Å². The molecule has 0 bridgehead atoms. The lowest BCUT2D eigenvalue weighted by molar-refractivity contribution is -0.0404. The van der Waals surface area contributed by atoms with Gasteiger partial charge in [-0.3, -0.25) is 0 Å². The molecule has 114 valence electrons. The Bertz CT molecular complexity index is 617. The molecule has 1 aliphatic heterocycles. The first kappa shape index (κ1) is 15.0. The van der Waals surface area contributed by atoms with Crippen molar-refractivity contribution >= 4 is 23.0 Å². The largest absolute Gasteiger partial charge is 0.370 e. The molecular formula is C18H20N2OS. The summed E-state index contributed by atoms with van der Waals surface area (Å²) in [5.41, 5.74) is 2.21. The van der Waals surface area contributed by atoms with Gasteiger partial charge in [0.15, 0.2) is 5.11 Å². The molecule has 3 nitrogen and oxygen atoms in total. The fraction of sp³-hybridized carbons (Fsp3) is 0.278.